The Morgan fingerprint density at radius 2 is 2.06 bits per heavy atom. The van der Waals surface area contributed by atoms with E-state index < -0.39 is 0 Å². The number of nitrogens with two attached hydrogens (primary N) is 1. The summed E-state index contributed by atoms with van der Waals surface area (Å²) in [6, 6.07) is 3.89. The molecule has 0 aromatic carbocycles. The van der Waals surface area contributed by atoms with Gasteiger partial charge < -0.3 is 11.1 Å². The van der Waals surface area contributed by atoms with Crippen molar-refractivity contribution in [2.24, 2.45) is 11.3 Å². The van der Waals surface area contributed by atoms with E-state index in [0.29, 0.717) is 11.3 Å². The molecule has 0 amide bonds. The van der Waals surface area contributed by atoms with Crippen LogP contribution in [-0.2, 0) is 6.42 Å². The third kappa shape index (κ3) is 4.73. The zero-order valence-corrected chi connectivity index (χ0v) is 11.5. The second-order valence-electron chi connectivity index (χ2n) is 5.65. The topological polar surface area (TPSA) is 50.9 Å². The van der Waals surface area contributed by atoms with Crippen LogP contribution < -0.4 is 11.1 Å². The molecule has 0 saturated carbocycles. The minimum atomic E-state index is 0.342. The SMILES string of the molecule is CC(C)C(C)(C)CNCCc1ccc(N)cn1. The maximum atomic E-state index is 5.59. The van der Waals surface area contributed by atoms with Crippen molar-refractivity contribution in [3.8, 4) is 0 Å². The molecule has 0 aliphatic rings. The molecule has 0 aliphatic carbocycles. The third-order valence-electron chi connectivity index (χ3n) is 3.55. The largest absolute Gasteiger partial charge is 0.397 e. The fourth-order valence-electron chi connectivity index (χ4n) is 1.41. The zero-order chi connectivity index (χ0) is 12.9. The first-order valence-electron chi connectivity index (χ1n) is 6.33. The van der Waals surface area contributed by atoms with Gasteiger partial charge in [-0.1, -0.05) is 27.7 Å². The van der Waals surface area contributed by atoms with Crippen molar-refractivity contribution in [2.75, 3.05) is 18.8 Å². The molecule has 1 aromatic rings. The number of hydrogen-bond donors (Lipinski definition) is 2. The molecule has 17 heavy (non-hydrogen) atoms. The Morgan fingerprint density at radius 1 is 1.35 bits per heavy atom. The maximum absolute atomic E-state index is 5.59. The van der Waals surface area contributed by atoms with E-state index in [1.165, 1.54) is 0 Å². The minimum Gasteiger partial charge on any atom is -0.397 e. The Bertz CT molecular complexity index is 328. The Balaban J connectivity index is 2.27. The van der Waals surface area contributed by atoms with Gasteiger partial charge in [-0.15, -0.1) is 0 Å². The molecule has 1 heterocycles. The normalized spacial score (nSPS) is 12.1. The molecular formula is C14H25N3. The van der Waals surface area contributed by atoms with Gasteiger partial charge in [0.2, 0.25) is 0 Å². The first-order chi connectivity index (χ1) is 7.92. The molecule has 0 aliphatic heterocycles. The van der Waals surface area contributed by atoms with E-state index in [9.17, 15) is 0 Å². The van der Waals surface area contributed by atoms with Gasteiger partial charge in [-0.05, 0) is 23.5 Å². The Hall–Kier alpha value is -1.09. The molecule has 1 aromatic heterocycles. The molecule has 96 valence electrons. The molecular weight excluding hydrogens is 210 g/mol. The highest BCUT2D eigenvalue weighted by molar-refractivity contribution is 5.34. The summed E-state index contributed by atoms with van der Waals surface area (Å²) in [5.41, 5.74) is 7.75. The van der Waals surface area contributed by atoms with E-state index in [0.717, 1.165) is 30.9 Å². The van der Waals surface area contributed by atoms with E-state index >= 15 is 0 Å². The number of nitrogen functional groups attached to an aromatic ring is 1. The van der Waals surface area contributed by atoms with Crippen molar-refractivity contribution >= 4 is 5.69 Å². The molecule has 0 radical (unpaired) electrons. The van der Waals surface area contributed by atoms with Gasteiger partial charge in [0, 0.05) is 25.2 Å². The Morgan fingerprint density at radius 3 is 2.59 bits per heavy atom. The van der Waals surface area contributed by atoms with Crippen LogP contribution in [0.15, 0.2) is 18.3 Å². The highest BCUT2D eigenvalue weighted by Crippen LogP contribution is 2.24. The summed E-state index contributed by atoms with van der Waals surface area (Å²) in [5.74, 6) is 0.685. The number of nitrogens with zero attached hydrogens (tertiary/aromatic N) is 1. The molecule has 0 fully saturated rings. The molecule has 0 unspecified atom stereocenters. The van der Waals surface area contributed by atoms with Crippen molar-refractivity contribution in [1.29, 1.82) is 0 Å². The zero-order valence-electron chi connectivity index (χ0n) is 11.5. The summed E-state index contributed by atoms with van der Waals surface area (Å²) < 4.78 is 0. The highest BCUT2D eigenvalue weighted by Gasteiger charge is 2.21. The Labute approximate surface area is 105 Å². The van der Waals surface area contributed by atoms with E-state index in [1.54, 1.807) is 6.20 Å². The van der Waals surface area contributed by atoms with Crippen LogP contribution in [0.2, 0.25) is 0 Å². The smallest absolute Gasteiger partial charge is 0.0501 e. The number of hydrogen-bond acceptors (Lipinski definition) is 3. The fraction of sp³-hybridized carbons (Fsp3) is 0.643. The van der Waals surface area contributed by atoms with E-state index in [2.05, 4.69) is 38.0 Å². The minimum absolute atomic E-state index is 0.342. The number of aromatic nitrogens is 1. The van der Waals surface area contributed by atoms with Gasteiger partial charge in [-0.3, -0.25) is 4.98 Å². The van der Waals surface area contributed by atoms with Gasteiger partial charge in [0.05, 0.1) is 11.9 Å². The van der Waals surface area contributed by atoms with Crippen LogP contribution in [0.3, 0.4) is 0 Å². The molecule has 1 rings (SSSR count). The molecule has 3 heteroatoms. The van der Waals surface area contributed by atoms with E-state index in [-0.39, 0.29) is 0 Å². The number of nitrogens with one attached hydrogen (secondary N) is 1. The molecule has 0 spiro atoms. The quantitative estimate of drug-likeness (QED) is 0.745. The Kier molecular flexibility index (Phi) is 4.94. The van der Waals surface area contributed by atoms with Crippen molar-refractivity contribution in [3.05, 3.63) is 24.0 Å². The first-order valence-corrected chi connectivity index (χ1v) is 6.33. The van der Waals surface area contributed by atoms with Crippen LogP contribution in [0.25, 0.3) is 0 Å². The molecule has 3 nitrogen and oxygen atoms in total. The van der Waals surface area contributed by atoms with Crippen LogP contribution >= 0.6 is 0 Å². The van der Waals surface area contributed by atoms with Gasteiger partial charge >= 0.3 is 0 Å². The number of anilines is 1. The summed E-state index contributed by atoms with van der Waals surface area (Å²) in [5, 5.41) is 3.50. The van der Waals surface area contributed by atoms with Crippen LogP contribution in [0.5, 0.6) is 0 Å². The summed E-state index contributed by atoms with van der Waals surface area (Å²) in [6.07, 6.45) is 2.67. The number of rotatable bonds is 6. The predicted octanol–water partition coefficient (Wildman–Crippen LogP) is 2.48. The summed E-state index contributed by atoms with van der Waals surface area (Å²) in [4.78, 5) is 4.28. The van der Waals surface area contributed by atoms with Gasteiger partial charge in [0.15, 0.2) is 0 Å². The monoisotopic (exact) mass is 235 g/mol. The van der Waals surface area contributed by atoms with Gasteiger partial charge in [0.1, 0.15) is 0 Å². The lowest BCUT2D eigenvalue weighted by molar-refractivity contribution is 0.239. The van der Waals surface area contributed by atoms with Crippen LogP contribution in [0.4, 0.5) is 5.69 Å². The number of pyridine rings is 1. The highest BCUT2D eigenvalue weighted by atomic mass is 14.9. The second kappa shape index (κ2) is 6.01. The summed E-state index contributed by atoms with van der Waals surface area (Å²) in [6.45, 7) is 11.1. The van der Waals surface area contributed by atoms with Gasteiger partial charge in [0.25, 0.3) is 0 Å². The maximum Gasteiger partial charge on any atom is 0.0501 e. The molecule has 0 saturated heterocycles. The molecule has 0 bridgehead atoms. The fourth-order valence-corrected chi connectivity index (χ4v) is 1.41. The first kappa shape index (κ1) is 14.0. The summed E-state index contributed by atoms with van der Waals surface area (Å²) in [7, 11) is 0. The standard InChI is InChI=1S/C14H25N3/c1-11(2)14(3,4)10-16-8-7-13-6-5-12(15)9-17-13/h5-6,9,11,16H,7-8,10,15H2,1-4H3. The van der Waals surface area contributed by atoms with Gasteiger partial charge in [-0.25, -0.2) is 0 Å². The van der Waals surface area contributed by atoms with Crippen molar-refractivity contribution in [1.82, 2.24) is 10.3 Å². The predicted molar refractivity (Wildman–Crippen MR) is 73.8 cm³/mol. The lowest BCUT2D eigenvalue weighted by Crippen LogP contribution is -2.34. The summed E-state index contributed by atoms with van der Waals surface area (Å²) >= 11 is 0. The molecule has 3 N–H and O–H groups in total. The third-order valence-corrected chi connectivity index (χ3v) is 3.55. The lowest BCUT2D eigenvalue weighted by Gasteiger charge is -2.29. The van der Waals surface area contributed by atoms with Gasteiger partial charge in [-0.2, -0.15) is 0 Å². The van der Waals surface area contributed by atoms with Crippen LogP contribution in [0, 0.1) is 11.3 Å². The van der Waals surface area contributed by atoms with Crippen molar-refractivity contribution < 1.29 is 0 Å². The second-order valence-corrected chi connectivity index (χ2v) is 5.65. The van der Waals surface area contributed by atoms with E-state index in [4.69, 9.17) is 5.73 Å². The molecule has 0 atom stereocenters. The average Bonchev–Trinajstić information content (AvgIpc) is 2.26. The van der Waals surface area contributed by atoms with E-state index in [1.807, 2.05) is 12.1 Å². The lowest BCUT2D eigenvalue weighted by atomic mass is 9.81. The van der Waals surface area contributed by atoms with Crippen LogP contribution in [-0.4, -0.2) is 18.1 Å². The van der Waals surface area contributed by atoms with Crippen molar-refractivity contribution in [3.63, 3.8) is 0 Å². The average molecular weight is 235 g/mol. The van der Waals surface area contributed by atoms with Crippen LogP contribution in [0.1, 0.15) is 33.4 Å². The van der Waals surface area contributed by atoms with Crippen molar-refractivity contribution in [2.45, 2.75) is 34.1 Å².